The van der Waals surface area contributed by atoms with Crippen molar-refractivity contribution in [3.8, 4) is 17.2 Å². The van der Waals surface area contributed by atoms with E-state index in [0.29, 0.717) is 93.5 Å². The van der Waals surface area contributed by atoms with Crippen LogP contribution in [0.3, 0.4) is 0 Å². The van der Waals surface area contributed by atoms with Crippen LogP contribution >= 0.6 is 0 Å². The zero-order valence-electron chi connectivity index (χ0n) is 59.0. The van der Waals surface area contributed by atoms with E-state index in [1.807, 2.05) is 112 Å². The van der Waals surface area contributed by atoms with Crippen molar-refractivity contribution in [3.63, 3.8) is 0 Å². The van der Waals surface area contributed by atoms with Gasteiger partial charge in [0, 0.05) is 78.8 Å². The molecule has 6 aromatic heterocycles. The second-order valence-electron chi connectivity index (χ2n) is 24.7. The van der Waals surface area contributed by atoms with E-state index >= 15 is 0 Å². The summed E-state index contributed by atoms with van der Waals surface area (Å²) in [5.74, 6) is 0.624. The van der Waals surface area contributed by atoms with Crippen molar-refractivity contribution < 1.29 is 57.6 Å². The van der Waals surface area contributed by atoms with Crippen molar-refractivity contribution in [2.45, 2.75) is 72.4 Å². The Morgan fingerprint density at radius 3 is 1.31 bits per heavy atom. The molecule has 0 spiro atoms. The highest BCUT2D eigenvalue weighted by molar-refractivity contribution is 5.95. The minimum absolute atomic E-state index is 0.125. The predicted molar refractivity (Wildman–Crippen MR) is 397 cm³/mol. The third-order valence-electron chi connectivity index (χ3n) is 18.0. The highest BCUT2D eigenvalue weighted by Crippen LogP contribution is 2.31. The zero-order chi connectivity index (χ0) is 74.1. The molecule has 9 heterocycles. The minimum atomic E-state index is -1.04. The van der Waals surface area contributed by atoms with Crippen LogP contribution in [0.2, 0.25) is 0 Å². The Kier molecular flexibility index (Phi) is 23.5. The van der Waals surface area contributed by atoms with Crippen LogP contribution < -0.4 is 30.2 Å². The number of nitrogens with one attached hydrogen (secondary N) is 3. The number of methoxy groups -OCH3 is 3. The summed E-state index contributed by atoms with van der Waals surface area (Å²) in [4.78, 5) is 90.9. The van der Waals surface area contributed by atoms with Crippen LogP contribution in [-0.2, 0) is 72.8 Å². The second-order valence-corrected chi connectivity index (χ2v) is 24.7. The first kappa shape index (κ1) is 72.7. The molecule has 4 N–H and O–H groups in total. The van der Waals surface area contributed by atoms with Crippen LogP contribution in [0.15, 0.2) is 188 Å². The number of urea groups is 2. The number of carbonyl (C=O) groups excluding carboxylic acids is 5. The fourth-order valence-electron chi connectivity index (χ4n) is 12.6. The van der Waals surface area contributed by atoms with Gasteiger partial charge in [0.1, 0.15) is 17.2 Å². The number of pyridine rings is 3. The Morgan fingerprint density at radius 1 is 0.500 bits per heavy atom. The number of carboxylic acid groups (broad SMARTS) is 1. The molecule has 3 aliphatic rings. The van der Waals surface area contributed by atoms with Crippen molar-refractivity contribution in [1.82, 2.24) is 59.4 Å². The fraction of sp³-hybridized carbons (Fsp3) is 0.241. The molecule has 27 heteroatoms. The van der Waals surface area contributed by atoms with Crippen molar-refractivity contribution in [2.24, 2.45) is 4.99 Å². The third-order valence-corrected chi connectivity index (χ3v) is 18.0. The maximum atomic E-state index is 13.0. The standard InChI is InChI=1S/C27H27N5O4.C25H23N5O4.C17H18N4O.C10H9NO3/c1-3-36-26(33)19-5-4-6-21(13-19)30-27(34)31-12-11-23-20(17-31)14-28-25-24(23)15-29-32(25)16-18-7-9-22(35-2)10-8-18;1-34-20-7-5-16(6-8-20)14-30-23-22(13-27-30)21-9-10-29(15-18(21)12-26-23)25(33)28-19-4-2-3-17(11-19)24(31)32;1-22-14-4-2-12(3-5-14)11-21-17-16(10-20-21)15-6-7-18-8-13(15)9-19-17;1-2-14-10(13)8-4-3-5-9(6-8)11-7-12/h4-10,13-15H,3,11-12,16-17H2,1-2H3,(H,30,34);2-8,11-13H,9-10,14-15H2,1H3,(H,28,33)(H,31,32);2-5,9-10,18H,6-8,11H2,1H3;3-6H,2H2,1H3. The normalized spacial score (nSPS) is 12.6. The molecule has 3 aliphatic heterocycles. The van der Waals surface area contributed by atoms with E-state index in [0.717, 1.165) is 98.8 Å². The fourth-order valence-corrected chi connectivity index (χ4v) is 12.6. The van der Waals surface area contributed by atoms with Crippen LogP contribution in [0, 0.1) is 0 Å². The van der Waals surface area contributed by atoms with Crippen LogP contribution in [0.1, 0.15) is 95.0 Å². The van der Waals surface area contributed by atoms with E-state index in [-0.39, 0.29) is 17.6 Å². The van der Waals surface area contributed by atoms with E-state index in [9.17, 15) is 28.8 Å². The Labute approximate surface area is 609 Å². The summed E-state index contributed by atoms with van der Waals surface area (Å²) >= 11 is 0. The summed E-state index contributed by atoms with van der Waals surface area (Å²) in [5.41, 5.74) is 15.3. The summed E-state index contributed by atoms with van der Waals surface area (Å²) in [7, 11) is 4.97. The summed E-state index contributed by atoms with van der Waals surface area (Å²) < 4.78 is 31.2. The number of benzene rings is 6. The molecule has 540 valence electrons. The molecule has 0 bridgehead atoms. The first-order valence-electron chi connectivity index (χ1n) is 34.3. The van der Waals surface area contributed by atoms with Gasteiger partial charge in [-0.3, -0.25) is 0 Å². The molecule has 0 fully saturated rings. The number of aromatic nitrogens is 9. The van der Waals surface area contributed by atoms with Gasteiger partial charge in [0.15, 0.2) is 16.9 Å². The molecule has 0 unspecified atom stereocenters. The summed E-state index contributed by atoms with van der Waals surface area (Å²) in [5, 5.41) is 35.1. The van der Waals surface area contributed by atoms with Gasteiger partial charge in [-0.1, -0.05) is 54.6 Å². The molecule has 0 saturated heterocycles. The number of anilines is 2. The van der Waals surface area contributed by atoms with Crippen LogP contribution in [0.25, 0.3) is 33.1 Å². The number of hydrogen-bond donors (Lipinski definition) is 4. The van der Waals surface area contributed by atoms with Gasteiger partial charge in [-0.05, 0) is 181 Å². The maximum absolute atomic E-state index is 13.0. The van der Waals surface area contributed by atoms with Gasteiger partial charge in [-0.15, -0.1) is 0 Å². The molecule has 27 nitrogen and oxygen atoms in total. The summed E-state index contributed by atoms with van der Waals surface area (Å²) in [6.45, 7) is 9.94. The quantitative estimate of drug-likeness (QED) is 0.0374. The molecule has 15 rings (SSSR count). The Hall–Kier alpha value is -13.1. The monoisotopic (exact) mass is 1430 g/mol. The maximum Gasteiger partial charge on any atom is 0.338 e. The number of fused-ring (bicyclic) bond motifs is 9. The molecule has 0 saturated carbocycles. The highest BCUT2D eigenvalue weighted by atomic mass is 16.5. The van der Waals surface area contributed by atoms with Gasteiger partial charge in [0.2, 0.25) is 6.08 Å². The number of hydrogen-bond acceptors (Lipinski definition) is 19. The summed E-state index contributed by atoms with van der Waals surface area (Å²) in [6, 6.07) is 42.6. The largest absolute Gasteiger partial charge is 0.497 e. The minimum Gasteiger partial charge on any atom is -0.497 e. The smallest absolute Gasteiger partial charge is 0.338 e. The van der Waals surface area contributed by atoms with E-state index in [1.54, 1.807) is 99.6 Å². The van der Waals surface area contributed by atoms with E-state index in [4.69, 9.17) is 28.8 Å². The molecule has 4 amide bonds. The lowest BCUT2D eigenvalue weighted by Gasteiger charge is -2.29. The van der Waals surface area contributed by atoms with E-state index < -0.39 is 17.9 Å². The van der Waals surface area contributed by atoms with Gasteiger partial charge < -0.3 is 54.5 Å². The number of isocyanates is 1. The Bertz CT molecular complexity index is 5210. The van der Waals surface area contributed by atoms with Crippen molar-refractivity contribution >= 4 is 86.2 Å². The number of carbonyl (C=O) groups is 5. The first-order chi connectivity index (χ1) is 51.7. The van der Waals surface area contributed by atoms with Gasteiger partial charge >= 0.3 is 30.0 Å². The molecule has 0 aliphatic carbocycles. The molecular weight excluding hydrogens is 1350 g/mol. The number of aliphatic imine (C=N–C) groups is 1. The number of esters is 2. The van der Waals surface area contributed by atoms with Crippen LogP contribution in [-0.4, -0.2) is 149 Å². The Balaban J connectivity index is 0.000000139. The molecule has 12 aromatic rings. The molecule has 6 aromatic carbocycles. The van der Waals surface area contributed by atoms with Crippen molar-refractivity contribution in [2.75, 3.05) is 64.8 Å². The van der Waals surface area contributed by atoms with Crippen molar-refractivity contribution in [1.29, 1.82) is 0 Å². The topological polar surface area (TPSA) is 316 Å². The first-order valence-corrected chi connectivity index (χ1v) is 34.3. The van der Waals surface area contributed by atoms with Gasteiger partial charge in [0.05, 0.1) is 95.1 Å². The second kappa shape index (κ2) is 34.2. The number of aromatic carboxylic acids is 1. The van der Waals surface area contributed by atoms with Crippen LogP contribution in [0.5, 0.6) is 17.2 Å². The number of ether oxygens (including phenoxy) is 5. The molecule has 106 heavy (non-hydrogen) atoms. The average molecular weight is 1430 g/mol. The SMILES string of the molecule is CCOC(=O)c1cccc(N=C=O)c1.CCOC(=O)c1cccc(NC(=O)N2CCc3c(cnc4c3cnn4Cc3ccc(OC)cc3)C2)c1.COc1ccc(Cn2ncc3c4c(cnc32)CN(C(=O)Nc2cccc(C(=O)O)c2)CC4)cc1.COc1ccc(Cn2ncc3c4c(cnc32)CNCC4)cc1. The lowest BCUT2D eigenvalue weighted by Crippen LogP contribution is -2.39. The average Bonchev–Trinajstić information content (AvgIpc) is 1.56. The number of rotatable bonds is 17. The summed E-state index contributed by atoms with van der Waals surface area (Å²) in [6.07, 6.45) is 15.1. The number of nitrogens with zero attached hydrogens (tertiary/aromatic N) is 12. The van der Waals surface area contributed by atoms with Gasteiger partial charge in [-0.2, -0.15) is 20.3 Å². The number of carboxylic acids is 1. The van der Waals surface area contributed by atoms with Crippen molar-refractivity contribution in [3.05, 3.63) is 250 Å². The Morgan fingerprint density at radius 2 is 0.896 bits per heavy atom. The molecule has 0 radical (unpaired) electrons. The van der Waals surface area contributed by atoms with E-state index in [1.165, 1.54) is 51.9 Å². The van der Waals surface area contributed by atoms with Crippen LogP contribution in [0.4, 0.5) is 26.7 Å². The van der Waals surface area contributed by atoms with Gasteiger partial charge in [0.25, 0.3) is 0 Å². The highest BCUT2D eigenvalue weighted by Gasteiger charge is 2.27. The lowest BCUT2D eigenvalue weighted by atomic mass is 9.99. The predicted octanol–water partition coefficient (Wildman–Crippen LogP) is 12.0. The zero-order valence-corrected chi connectivity index (χ0v) is 59.0. The lowest BCUT2D eigenvalue weighted by molar-refractivity contribution is 0.0517. The third kappa shape index (κ3) is 17.5. The van der Waals surface area contributed by atoms with Gasteiger partial charge in [-0.25, -0.2) is 57.8 Å². The van der Waals surface area contributed by atoms with E-state index in [2.05, 4.69) is 63.3 Å². The molecular formula is C79H77N15O12. The molecule has 0 atom stereocenters. The number of amides is 4.